The first-order chi connectivity index (χ1) is 9.54. The van der Waals surface area contributed by atoms with Crippen LogP contribution in [0.3, 0.4) is 0 Å². The molecule has 0 spiro atoms. The first kappa shape index (κ1) is 14.0. The quantitative estimate of drug-likeness (QED) is 0.611. The molecule has 0 N–H and O–H groups in total. The molecule has 0 saturated heterocycles. The summed E-state index contributed by atoms with van der Waals surface area (Å²) in [4.78, 5) is 11.7. The second-order valence-electron chi connectivity index (χ2n) is 4.06. The molecule has 20 heavy (non-hydrogen) atoms. The number of carbonyl (C=O) groups is 1. The Morgan fingerprint density at radius 2 is 1.90 bits per heavy atom. The largest absolute Gasteiger partial charge is 0.458 e. The molecule has 0 amide bonds. The lowest BCUT2D eigenvalue weighted by Crippen LogP contribution is -2.01. The van der Waals surface area contributed by atoms with Gasteiger partial charge in [0, 0.05) is 0 Å². The Morgan fingerprint density at radius 3 is 2.45 bits per heavy atom. The zero-order chi connectivity index (χ0) is 14.5. The van der Waals surface area contributed by atoms with Gasteiger partial charge in [-0.25, -0.2) is 0 Å². The fourth-order valence-corrected chi connectivity index (χ4v) is 1.58. The van der Waals surface area contributed by atoms with E-state index in [0.29, 0.717) is 11.3 Å². The van der Waals surface area contributed by atoms with Crippen LogP contribution in [0.15, 0.2) is 46.9 Å². The highest BCUT2D eigenvalue weighted by Gasteiger charge is 2.06. The van der Waals surface area contributed by atoms with E-state index in [4.69, 9.17) is 4.42 Å². The fourth-order valence-electron chi connectivity index (χ4n) is 1.58. The SMILES string of the molecule is Cc1ccc(C(=O)/C=C/c2ccc(OC(F)F)cc2)o1. The molecular formula is C15H12F2O3. The molecule has 0 aliphatic heterocycles. The first-order valence-corrected chi connectivity index (χ1v) is 5.88. The van der Waals surface area contributed by atoms with Crippen LogP contribution in [0.4, 0.5) is 8.78 Å². The van der Waals surface area contributed by atoms with Crippen LogP contribution in [0, 0.1) is 6.92 Å². The maximum Gasteiger partial charge on any atom is 0.387 e. The van der Waals surface area contributed by atoms with E-state index in [1.807, 2.05) is 0 Å². The van der Waals surface area contributed by atoms with Gasteiger partial charge in [0.2, 0.25) is 5.78 Å². The van der Waals surface area contributed by atoms with Gasteiger partial charge in [-0.15, -0.1) is 0 Å². The van der Waals surface area contributed by atoms with Crippen LogP contribution in [-0.4, -0.2) is 12.4 Å². The van der Waals surface area contributed by atoms with Gasteiger partial charge >= 0.3 is 6.61 Å². The average Bonchev–Trinajstić information content (AvgIpc) is 2.84. The van der Waals surface area contributed by atoms with E-state index in [2.05, 4.69) is 4.74 Å². The molecule has 1 aromatic heterocycles. The molecule has 0 radical (unpaired) electrons. The van der Waals surface area contributed by atoms with Crippen molar-refractivity contribution in [2.75, 3.05) is 0 Å². The maximum absolute atomic E-state index is 12.0. The van der Waals surface area contributed by atoms with Gasteiger partial charge in [-0.05, 0) is 42.8 Å². The van der Waals surface area contributed by atoms with Gasteiger partial charge in [0.25, 0.3) is 0 Å². The van der Waals surface area contributed by atoms with E-state index in [9.17, 15) is 13.6 Å². The van der Waals surface area contributed by atoms with E-state index < -0.39 is 6.61 Å². The molecule has 0 aliphatic carbocycles. The lowest BCUT2D eigenvalue weighted by molar-refractivity contribution is -0.0498. The third kappa shape index (κ3) is 3.78. The standard InChI is InChI=1S/C15H12F2O3/c1-10-2-9-14(19-10)13(18)8-5-11-3-6-12(7-4-11)20-15(16)17/h2-9,15H,1H3/b8-5+. The maximum atomic E-state index is 12.0. The predicted octanol–water partition coefficient (Wildman–Crippen LogP) is 4.09. The highest BCUT2D eigenvalue weighted by Crippen LogP contribution is 2.16. The monoisotopic (exact) mass is 278 g/mol. The predicted molar refractivity (Wildman–Crippen MR) is 69.9 cm³/mol. The molecule has 2 rings (SSSR count). The van der Waals surface area contributed by atoms with Crippen LogP contribution in [0.2, 0.25) is 0 Å². The van der Waals surface area contributed by atoms with E-state index in [-0.39, 0.29) is 17.3 Å². The van der Waals surface area contributed by atoms with Crippen molar-refractivity contribution in [2.24, 2.45) is 0 Å². The number of benzene rings is 1. The van der Waals surface area contributed by atoms with E-state index >= 15 is 0 Å². The molecule has 0 saturated carbocycles. The van der Waals surface area contributed by atoms with E-state index in [1.165, 1.54) is 18.2 Å². The number of rotatable bonds is 5. The van der Waals surface area contributed by atoms with Crippen LogP contribution < -0.4 is 4.74 Å². The van der Waals surface area contributed by atoms with Crippen molar-refractivity contribution in [3.05, 3.63) is 59.6 Å². The smallest absolute Gasteiger partial charge is 0.387 e. The second-order valence-corrected chi connectivity index (χ2v) is 4.06. The number of halogens is 2. The molecule has 104 valence electrons. The number of alkyl halides is 2. The number of carbonyl (C=O) groups excluding carboxylic acids is 1. The number of allylic oxidation sites excluding steroid dienone is 1. The molecule has 5 heteroatoms. The van der Waals surface area contributed by atoms with Crippen LogP contribution in [0.1, 0.15) is 21.9 Å². The minimum Gasteiger partial charge on any atom is -0.458 e. The van der Waals surface area contributed by atoms with Gasteiger partial charge in [0.15, 0.2) is 5.76 Å². The first-order valence-electron chi connectivity index (χ1n) is 5.88. The van der Waals surface area contributed by atoms with Crippen molar-refractivity contribution in [3.63, 3.8) is 0 Å². The zero-order valence-corrected chi connectivity index (χ0v) is 10.7. The Labute approximate surface area is 114 Å². The van der Waals surface area contributed by atoms with Crippen molar-refractivity contribution < 1.29 is 22.7 Å². The lowest BCUT2D eigenvalue weighted by Gasteiger charge is -2.03. The number of aryl methyl sites for hydroxylation is 1. The molecule has 0 aliphatic rings. The summed E-state index contributed by atoms with van der Waals surface area (Å²) in [5, 5.41) is 0. The molecule has 0 atom stereocenters. The summed E-state index contributed by atoms with van der Waals surface area (Å²) in [6.07, 6.45) is 2.94. The average molecular weight is 278 g/mol. The van der Waals surface area contributed by atoms with Crippen LogP contribution >= 0.6 is 0 Å². The number of hydrogen-bond acceptors (Lipinski definition) is 3. The highest BCUT2D eigenvalue weighted by atomic mass is 19.3. The zero-order valence-electron chi connectivity index (χ0n) is 10.7. The summed E-state index contributed by atoms with van der Waals surface area (Å²) in [6, 6.07) is 9.28. The van der Waals surface area contributed by atoms with Gasteiger partial charge in [-0.3, -0.25) is 4.79 Å². The Bertz CT molecular complexity index is 612. The van der Waals surface area contributed by atoms with Crippen molar-refractivity contribution in [1.82, 2.24) is 0 Å². The number of furan rings is 1. The second kappa shape index (κ2) is 6.14. The van der Waals surface area contributed by atoms with Gasteiger partial charge in [0.05, 0.1) is 0 Å². The number of ether oxygens (including phenoxy) is 1. The summed E-state index contributed by atoms with van der Waals surface area (Å²) >= 11 is 0. The Morgan fingerprint density at radius 1 is 1.20 bits per heavy atom. The Hall–Kier alpha value is -2.43. The van der Waals surface area contributed by atoms with Gasteiger partial charge in [-0.2, -0.15) is 8.78 Å². The fraction of sp³-hybridized carbons (Fsp3) is 0.133. The van der Waals surface area contributed by atoms with Crippen molar-refractivity contribution in [1.29, 1.82) is 0 Å². The van der Waals surface area contributed by atoms with Gasteiger partial charge in [0.1, 0.15) is 11.5 Å². The summed E-state index contributed by atoms with van der Waals surface area (Å²) in [5.74, 6) is 0.739. The Kier molecular flexibility index (Phi) is 4.30. The molecular weight excluding hydrogens is 266 g/mol. The Balaban J connectivity index is 2.02. The van der Waals surface area contributed by atoms with Crippen molar-refractivity contribution in [2.45, 2.75) is 13.5 Å². The number of hydrogen-bond donors (Lipinski definition) is 0. The molecule has 1 aromatic carbocycles. The topological polar surface area (TPSA) is 39.4 Å². The summed E-state index contributed by atoms with van der Waals surface area (Å²) < 4.78 is 33.4. The summed E-state index contributed by atoms with van der Waals surface area (Å²) in [7, 11) is 0. The molecule has 2 aromatic rings. The minimum atomic E-state index is -2.85. The van der Waals surface area contributed by atoms with Gasteiger partial charge < -0.3 is 9.15 Å². The van der Waals surface area contributed by atoms with Crippen molar-refractivity contribution >= 4 is 11.9 Å². The molecule has 0 fully saturated rings. The molecule has 3 nitrogen and oxygen atoms in total. The minimum absolute atomic E-state index is 0.0742. The number of ketones is 1. The molecule has 0 bridgehead atoms. The summed E-state index contributed by atoms with van der Waals surface area (Å²) in [5.41, 5.74) is 0.697. The third-order valence-electron chi connectivity index (χ3n) is 2.52. The van der Waals surface area contributed by atoms with Crippen molar-refractivity contribution in [3.8, 4) is 5.75 Å². The third-order valence-corrected chi connectivity index (χ3v) is 2.52. The highest BCUT2D eigenvalue weighted by molar-refractivity contribution is 6.04. The van der Waals surface area contributed by atoms with Crippen LogP contribution in [-0.2, 0) is 0 Å². The van der Waals surface area contributed by atoms with E-state index in [1.54, 1.807) is 37.3 Å². The normalized spacial score (nSPS) is 11.2. The lowest BCUT2D eigenvalue weighted by atomic mass is 10.2. The molecule has 0 unspecified atom stereocenters. The molecule has 1 heterocycles. The van der Waals surface area contributed by atoms with Gasteiger partial charge in [-0.1, -0.05) is 18.2 Å². The van der Waals surface area contributed by atoms with Crippen LogP contribution in [0.25, 0.3) is 6.08 Å². The van der Waals surface area contributed by atoms with Crippen LogP contribution in [0.5, 0.6) is 5.75 Å². The van der Waals surface area contributed by atoms with E-state index in [0.717, 1.165) is 0 Å². The summed E-state index contributed by atoms with van der Waals surface area (Å²) in [6.45, 7) is -1.09.